The van der Waals surface area contributed by atoms with Crippen LogP contribution in [0.25, 0.3) is 0 Å². The number of fused-ring (bicyclic) bond motifs is 1. The first-order valence-electron chi connectivity index (χ1n) is 8.88. The van der Waals surface area contributed by atoms with E-state index < -0.39 is 9.84 Å². The van der Waals surface area contributed by atoms with Gasteiger partial charge in [-0.15, -0.1) is 0 Å². The van der Waals surface area contributed by atoms with E-state index in [1.165, 1.54) is 6.92 Å². The zero-order valence-corrected chi connectivity index (χ0v) is 17.6. The number of amidine groups is 1. The van der Waals surface area contributed by atoms with Crippen LogP contribution >= 0.6 is 23.4 Å². The van der Waals surface area contributed by atoms with Crippen LogP contribution in [-0.4, -0.2) is 43.0 Å². The van der Waals surface area contributed by atoms with Crippen molar-refractivity contribution in [2.24, 2.45) is 4.99 Å². The molecule has 0 aliphatic carbocycles. The third kappa shape index (κ3) is 3.97. The van der Waals surface area contributed by atoms with E-state index in [2.05, 4.69) is 0 Å². The van der Waals surface area contributed by atoms with Crippen molar-refractivity contribution < 1.29 is 13.2 Å². The lowest BCUT2D eigenvalue weighted by Crippen LogP contribution is -2.39. The Labute approximate surface area is 173 Å². The maximum Gasteiger partial charge on any atom is 0.164 e. The van der Waals surface area contributed by atoms with E-state index in [0.29, 0.717) is 16.3 Å². The maximum absolute atomic E-state index is 12.1. The Morgan fingerprint density at radius 3 is 2.75 bits per heavy atom. The molecule has 0 unspecified atom stereocenters. The van der Waals surface area contributed by atoms with Gasteiger partial charge in [-0.3, -0.25) is 9.79 Å². The highest BCUT2D eigenvalue weighted by atomic mass is 35.5. The van der Waals surface area contributed by atoms with Crippen LogP contribution < -0.4 is 4.90 Å². The summed E-state index contributed by atoms with van der Waals surface area (Å²) in [6, 6.07) is 14.4. The minimum absolute atomic E-state index is 0.0262. The molecule has 0 saturated carbocycles. The van der Waals surface area contributed by atoms with Gasteiger partial charge in [0.25, 0.3) is 0 Å². The van der Waals surface area contributed by atoms with Crippen molar-refractivity contribution in [3.8, 4) is 0 Å². The summed E-state index contributed by atoms with van der Waals surface area (Å²) in [5, 5.41) is 1.46. The van der Waals surface area contributed by atoms with Gasteiger partial charge in [0.1, 0.15) is 0 Å². The van der Waals surface area contributed by atoms with Crippen molar-refractivity contribution in [2.75, 3.05) is 16.4 Å². The number of sulfone groups is 1. The molecular formula is C20H19ClN2O3S2. The van der Waals surface area contributed by atoms with E-state index in [0.717, 1.165) is 16.4 Å². The molecule has 2 aromatic carbocycles. The zero-order valence-electron chi connectivity index (χ0n) is 15.2. The van der Waals surface area contributed by atoms with Crippen LogP contribution in [0.2, 0.25) is 5.02 Å². The van der Waals surface area contributed by atoms with Gasteiger partial charge >= 0.3 is 0 Å². The van der Waals surface area contributed by atoms with Crippen molar-refractivity contribution in [3.05, 3.63) is 64.7 Å². The maximum atomic E-state index is 12.1. The molecular weight excluding hydrogens is 416 g/mol. The fourth-order valence-corrected chi connectivity index (χ4v) is 6.71. The number of aliphatic imine (C=N–C) groups is 1. The number of ketones is 1. The molecule has 8 heteroatoms. The summed E-state index contributed by atoms with van der Waals surface area (Å²) in [7, 11) is -3.11. The van der Waals surface area contributed by atoms with Crippen molar-refractivity contribution in [1.29, 1.82) is 0 Å². The fraction of sp³-hybridized carbons (Fsp3) is 0.300. The number of hydrogen-bond donors (Lipinski definition) is 0. The molecule has 2 aliphatic heterocycles. The first-order chi connectivity index (χ1) is 13.3. The summed E-state index contributed by atoms with van der Waals surface area (Å²) in [5.74, 6) is 0.796. The second-order valence-corrected chi connectivity index (χ2v) is 10.6. The molecule has 146 valence electrons. The summed E-state index contributed by atoms with van der Waals surface area (Å²) in [4.78, 5) is 18.5. The third-order valence-electron chi connectivity index (χ3n) is 4.90. The van der Waals surface area contributed by atoms with Gasteiger partial charge in [-0.1, -0.05) is 47.6 Å². The molecule has 1 fully saturated rings. The number of rotatable bonds is 4. The fourth-order valence-electron chi connectivity index (χ4n) is 3.58. The second-order valence-electron chi connectivity index (χ2n) is 7.02. The highest BCUT2D eigenvalue weighted by Crippen LogP contribution is 2.36. The number of carbonyl (C=O) groups is 1. The Balaban J connectivity index is 1.65. The predicted octanol–water partition coefficient (Wildman–Crippen LogP) is 3.82. The first kappa shape index (κ1) is 19.5. The van der Waals surface area contributed by atoms with Crippen molar-refractivity contribution in [2.45, 2.75) is 24.8 Å². The lowest BCUT2D eigenvalue weighted by molar-refractivity contribution is 0.101. The molecule has 0 radical (unpaired) electrons. The van der Waals surface area contributed by atoms with E-state index in [1.54, 1.807) is 17.8 Å². The normalized spacial score (nSPS) is 22.8. The number of benzene rings is 2. The smallest absolute Gasteiger partial charge is 0.164 e. The largest absolute Gasteiger partial charge is 0.315 e. The molecule has 4 rings (SSSR count). The Hall–Kier alpha value is -1.83. The van der Waals surface area contributed by atoms with Gasteiger partial charge in [0, 0.05) is 22.0 Å². The van der Waals surface area contributed by atoms with Crippen LogP contribution in [-0.2, 0) is 15.6 Å². The van der Waals surface area contributed by atoms with Gasteiger partial charge in [0.05, 0.1) is 23.6 Å². The number of thioether (sulfide) groups is 1. The van der Waals surface area contributed by atoms with Crippen LogP contribution in [0.5, 0.6) is 0 Å². The number of halogens is 1. The van der Waals surface area contributed by atoms with Crippen LogP contribution in [0, 0.1) is 0 Å². The Kier molecular flexibility index (Phi) is 5.24. The summed E-state index contributed by atoms with van der Waals surface area (Å²) in [6.45, 7) is 1.52. The van der Waals surface area contributed by atoms with E-state index in [1.807, 2.05) is 47.4 Å². The lowest BCUT2D eigenvalue weighted by Gasteiger charge is -2.26. The summed E-state index contributed by atoms with van der Waals surface area (Å²) >= 11 is 7.63. The standard InChI is InChI=1S/C20H19ClN2O3S2/c1-13(24)15-5-3-7-17(9-15)23-19-12-28(25,26)11-18(19)22-20(23)27-10-14-4-2-6-16(21)8-14/h2-9,18-19H,10-12H2,1H3/t18-,19+/m0/s1. The number of hydrogen-bond acceptors (Lipinski definition) is 6. The Morgan fingerprint density at radius 1 is 1.21 bits per heavy atom. The van der Waals surface area contributed by atoms with Crippen LogP contribution in [0.1, 0.15) is 22.8 Å². The molecule has 28 heavy (non-hydrogen) atoms. The monoisotopic (exact) mass is 434 g/mol. The van der Waals surface area contributed by atoms with Gasteiger partial charge in [-0.05, 0) is 36.8 Å². The van der Waals surface area contributed by atoms with Gasteiger partial charge in [0.15, 0.2) is 20.8 Å². The SMILES string of the molecule is CC(=O)c1cccc(N2C(SCc3cccc(Cl)c3)=N[C@H]3CS(=O)(=O)C[C@H]32)c1. The number of nitrogens with zero attached hydrogens (tertiary/aromatic N) is 2. The predicted molar refractivity (Wildman–Crippen MR) is 115 cm³/mol. The zero-order chi connectivity index (χ0) is 19.9. The van der Waals surface area contributed by atoms with Gasteiger partial charge in [-0.2, -0.15) is 0 Å². The molecule has 0 N–H and O–H groups in total. The molecule has 0 amide bonds. The first-order valence-corrected chi connectivity index (χ1v) is 12.1. The third-order valence-corrected chi connectivity index (χ3v) is 7.87. The lowest BCUT2D eigenvalue weighted by atomic mass is 10.1. The van der Waals surface area contributed by atoms with Crippen LogP contribution in [0.15, 0.2) is 53.5 Å². The van der Waals surface area contributed by atoms with E-state index in [-0.39, 0.29) is 29.4 Å². The molecule has 2 aliphatic rings. The molecule has 1 saturated heterocycles. The van der Waals surface area contributed by atoms with Gasteiger partial charge < -0.3 is 4.90 Å². The average molecular weight is 435 g/mol. The van der Waals surface area contributed by atoms with E-state index >= 15 is 0 Å². The summed E-state index contributed by atoms with van der Waals surface area (Å²) in [6.07, 6.45) is 0. The second kappa shape index (κ2) is 7.54. The quantitative estimate of drug-likeness (QED) is 0.684. The summed E-state index contributed by atoms with van der Waals surface area (Å²) in [5.41, 5.74) is 2.47. The highest BCUT2D eigenvalue weighted by molar-refractivity contribution is 8.13. The van der Waals surface area contributed by atoms with Crippen molar-refractivity contribution in [1.82, 2.24) is 0 Å². The Bertz CT molecular complexity index is 1070. The molecule has 2 atom stereocenters. The number of Topliss-reactive ketones (excluding diaryl/α,β-unsaturated/α-hetero) is 1. The minimum atomic E-state index is -3.11. The van der Waals surface area contributed by atoms with Gasteiger partial charge in [0.2, 0.25) is 0 Å². The molecule has 0 bridgehead atoms. The summed E-state index contributed by atoms with van der Waals surface area (Å²) < 4.78 is 24.3. The number of anilines is 1. The molecule has 5 nitrogen and oxygen atoms in total. The van der Waals surface area contributed by atoms with Crippen molar-refractivity contribution >= 4 is 49.8 Å². The minimum Gasteiger partial charge on any atom is -0.315 e. The molecule has 0 aromatic heterocycles. The molecule has 2 aromatic rings. The average Bonchev–Trinajstić information content (AvgIpc) is 3.11. The topological polar surface area (TPSA) is 66.8 Å². The molecule has 0 spiro atoms. The van der Waals surface area contributed by atoms with E-state index in [4.69, 9.17) is 16.6 Å². The molecule has 2 heterocycles. The number of carbonyl (C=O) groups excluding carboxylic acids is 1. The van der Waals surface area contributed by atoms with Crippen LogP contribution in [0.4, 0.5) is 5.69 Å². The Morgan fingerprint density at radius 2 is 2.00 bits per heavy atom. The van der Waals surface area contributed by atoms with E-state index in [9.17, 15) is 13.2 Å². The van der Waals surface area contributed by atoms with Crippen LogP contribution in [0.3, 0.4) is 0 Å². The highest BCUT2D eigenvalue weighted by Gasteiger charge is 2.47. The van der Waals surface area contributed by atoms with Crippen molar-refractivity contribution in [3.63, 3.8) is 0 Å². The van der Waals surface area contributed by atoms with Gasteiger partial charge in [-0.25, -0.2) is 8.42 Å².